The first-order chi connectivity index (χ1) is 7.52. The van der Waals surface area contributed by atoms with Crippen molar-refractivity contribution >= 4 is 0 Å². The van der Waals surface area contributed by atoms with Crippen LogP contribution >= 0.6 is 0 Å². The molecule has 0 saturated carbocycles. The van der Waals surface area contributed by atoms with Crippen LogP contribution in [0.25, 0.3) is 0 Å². The van der Waals surface area contributed by atoms with Crippen LogP contribution in [0.4, 0.5) is 0 Å². The molecule has 1 aliphatic carbocycles. The first kappa shape index (κ1) is 23.9. The molecule has 1 aliphatic rings. The van der Waals surface area contributed by atoms with Crippen molar-refractivity contribution in [2.75, 3.05) is 0 Å². The predicted molar refractivity (Wildman–Crippen MR) is 68.4 cm³/mol. The third kappa shape index (κ3) is 9.35. The Labute approximate surface area is 143 Å². The van der Waals surface area contributed by atoms with Crippen LogP contribution in [0, 0.1) is 6.08 Å². The Bertz CT molecular complexity index is 385. The molecule has 0 atom stereocenters. The van der Waals surface area contributed by atoms with Gasteiger partial charge in [0.2, 0.25) is 0 Å². The summed E-state index contributed by atoms with van der Waals surface area (Å²) in [5.74, 6) is 0.389. The van der Waals surface area contributed by atoms with Gasteiger partial charge in [0.05, 0.1) is 0 Å². The number of phenolic OH excluding ortho intramolecular Hbond substituents is 1. The van der Waals surface area contributed by atoms with Crippen molar-refractivity contribution in [1.82, 2.24) is 0 Å². The van der Waals surface area contributed by atoms with Crippen molar-refractivity contribution in [3.63, 3.8) is 0 Å². The van der Waals surface area contributed by atoms with Gasteiger partial charge in [0.25, 0.3) is 0 Å². The minimum Gasteiger partial charge on any atom is -1.00 e. The predicted octanol–water partition coefficient (Wildman–Crippen LogP) is -2.00. The molecule has 4 heteroatoms. The van der Waals surface area contributed by atoms with Crippen LogP contribution in [-0.2, 0) is 27.1 Å². The van der Waals surface area contributed by atoms with E-state index in [4.69, 9.17) is 0 Å². The number of phenols is 1. The van der Waals surface area contributed by atoms with Gasteiger partial charge in [0.1, 0.15) is 5.75 Å². The first-order valence-corrected chi connectivity index (χ1v) is 5.52. The second-order valence-corrected chi connectivity index (χ2v) is 4.77. The van der Waals surface area contributed by atoms with Crippen LogP contribution < -0.4 is 24.8 Å². The summed E-state index contributed by atoms with van der Waals surface area (Å²) in [5, 5.41) is 9.45. The maximum absolute atomic E-state index is 9.45. The summed E-state index contributed by atoms with van der Waals surface area (Å²) >= 11 is 0. The summed E-state index contributed by atoms with van der Waals surface area (Å²) < 4.78 is 0. The first-order valence-electron chi connectivity index (χ1n) is 5.52. The van der Waals surface area contributed by atoms with E-state index in [0.29, 0.717) is 5.75 Å². The fourth-order valence-corrected chi connectivity index (χ4v) is 1.45. The average molecular weight is 334 g/mol. The van der Waals surface area contributed by atoms with E-state index >= 15 is 0 Å². The van der Waals surface area contributed by atoms with E-state index in [2.05, 4.69) is 32.9 Å². The quantitative estimate of drug-likeness (QED) is 0.430. The molecular weight excluding hydrogens is 315 g/mol. The molecule has 0 bridgehead atoms. The van der Waals surface area contributed by atoms with Crippen molar-refractivity contribution in [2.45, 2.75) is 32.6 Å². The minimum absolute atomic E-state index is 0. The van der Waals surface area contributed by atoms with Gasteiger partial charge in [-0.1, -0.05) is 39.0 Å². The molecular formula is C15H19Cl2OTi-3. The van der Waals surface area contributed by atoms with E-state index in [0.717, 1.165) is 12.0 Å². The summed E-state index contributed by atoms with van der Waals surface area (Å²) in [6, 6.07) is 7.46. The maximum atomic E-state index is 9.45. The Morgan fingerprint density at radius 2 is 1.68 bits per heavy atom. The van der Waals surface area contributed by atoms with Gasteiger partial charge in [-0.25, -0.2) is 12.2 Å². The maximum Gasteiger partial charge on any atom is 0.119 e. The zero-order valence-corrected chi connectivity index (χ0v) is 14.5. The van der Waals surface area contributed by atoms with Crippen LogP contribution in [0.3, 0.4) is 0 Å². The van der Waals surface area contributed by atoms with Gasteiger partial charge in [-0.3, -0.25) is 6.08 Å². The Hall–Kier alpha value is -0.206. The molecule has 0 fully saturated rings. The Morgan fingerprint density at radius 1 is 1.11 bits per heavy atom. The molecule has 1 aromatic carbocycles. The summed E-state index contributed by atoms with van der Waals surface area (Å²) in [5.41, 5.74) is 1.03. The fourth-order valence-electron chi connectivity index (χ4n) is 1.45. The molecule has 2 rings (SSSR count). The Kier molecular flexibility index (Phi) is 14.6. The van der Waals surface area contributed by atoms with E-state index in [1.54, 1.807) is 6.07 Å². The van der Waals surface area contributed by atoms with Crippen LogP contribution in [0.2, 0.25) is 0 Å². The van der Waals surface area contributed by atoms with Crippen LogP contribution in [0.1, 0.15) is 32.8 Å². The topological polar surface area (TPSA) is 20.2 Å². The van der Waals surface area contributed by atoms with Crippen LogP contribution in [-0.4, -0.2) is 5.11 Å². The number of hydrogen-bond acceptors (Lipinski definition) is 1. The summed E-state index contributed by atoms with van der Waals surface area (Å²) in [6.07, 6.45) is 10.0. The van der Waals surface area contributed by atoms with Gasteiger partial charge < -0.3 is 29.9 Å². The molecule has 0 heterocycles. The second-order valence-electron chi connectivity index (χ2n) is 4.77. The minimum atomic E-state index is 0. The Morgan fingerprint density at radius 3 is 1.95 bits per heavy atom. The zero-order valence-electron chi connectivity index (χ0n) is 11.5. The number of halogens is 2. The molecule has 19 heavy (non-hydrogen) atoms. The van der Waals surface area contributed by atoms with E-state index < -0.39 is 0 Å². The number of allylic oxidation sites excluding steroid dienone is 4. The molecule has 0 spiro atoms. The SMILES string of the molecule is CC(C)(C)c1ccccc1O.[C-]1=CC=CC1.[Cl-].[Cl-].[Ti]. The second kappa shape index (κ2) is 11.6. The monoisotopic (exact) mass is 333 g/mol. The number of benzene rings is 1. The number of hydrogen-bond donors (Lipinski definition) is 1. The fraction of sp³-hybridized carbons (Fsp3) is 0.333. The molecule has 1 aromatic rings. The average Bonchev–Trinajstić information content (AvgIpc) is 2.74. The summed E-state index contributed by atoms with van der Waals surface area (Å²) in [7, 11) is 0. The smallest absolute Gasteiger partial charge is 0.119 e. The van der Waals surface area contributed by atoms with Gasteiger partial charge in [-0.05, 0) is 17.0 Å². The van der Waals surface area contributed by atoms with E-state index in [-0.39, 0.29) is 51.9 Å². The normalized spacial score (nSPS) is 11.3. The van der Waals surface area contributed by atoms with Crippen LogP contribution in [0.5, 0.6) is 5.75 Å². The van der Waals surface area contributed by atoms with Crippen molar-refractivity contribution in [2.24, 2.45) is 0 Å². The van der Waals surface area contributed by atoms with Crippen molar-refractivity contribution < 1.29 is 51.6 Å². The number of aromatic hydroxyl groups is 1. The Balaban J connectivity index is -0.000000277. The van der Waals surface area contributed by atoms with E-state index in [1.807, 2.05) is 30.4 Å². The molecule has 0 amide bonds. The van der Waals surface area contributed by atoms with Crippen molar-refractivity contribution in [3.05, 3.63) is 54.1 Å². The van der Waals surface area contributed by atoms with Gasteiger partial charge in [-0.2, -0.15) is 6.08 Å². The number of rotatable bonds is 0. The van der Waals surface area contributed by atoms with Gasteiger partial charge in [0.15, 0.2) is 0 Å². The van der Waals surface area contributed by atoms with Gasteiger partial charge in [0, 0.05) is 21.7 Å². The zero-order chi connectivity index (χ0) is 12.0. The molecule has 0 aliphatic heterocycles. The molecule has 0 aromatic heterocycles. The van der Waals surface area contributed by atoms with E-state index in [9.17, 15) is 5.11 Å². The van der Waals surface area contributed by atoms with Crippen LogP contribution in [0.15, 0.2) is 42.5 Å². The number of para-hydroxylation sites is 1. The molecule has 0 saturated heterocycles. The third-order valence-electron chi connectivity index (χ3n) is 2.30. The molecule has 0 radical (unpaired) electrons. The molecule has 1 nitrogen and oxygen atoms in total. The molecule has 1 N–H and O–H groups in total. The third-order valence-corrected chi connectivity index (χ3v) is 2.30. The standard InChI is InChI=1S/C10H14O.C5H5.2ClH.Ti/c1-10(2,3)8-6-4-5-7-9(8)11;1-2-4-5-3-1;;;/h4-7,11H,1-3H3;1-3H,4H2;2*1H;/q;-1;;;/p-2. The molecule has 0 unspecified atom stereocenters. The van der Waals surface area contributed by atoms with Gasteiger partial charge in [-0.15, -0.1) is 6.42 Å². The summed E-state index contributed by atoms with van der Waals surface area (Å²) in [6.45, 7) is 6.26. The molecule has 106 valence electrons. The summed E-state index contributed by atoms with van der Waals surface area (Å²) in [4.78, 5) is 0. The largest absolute Gasteiger partial charge is 1.00 e. The van der Waals surface area contributed by atoms with Crippen molar-refractivity contribution in [3.8, 4) is 5.75 Å². The van der Waals surface area contributed by atoms with Gasteiger partial charge >= 0.3 is 0 Å². The van der Waals surface area contributed by atoms with Crippen molar-refractivity contribution in [1.29, 1.82) is 0 Å². The van der Waals surface area contributed by atoms with E-state index in [1.165, 1.54) is 0 Å².